The zero-order valence-corrected chi connectivity index (χ0v) is 16.4. The number of halogens is 1. The summed E-state index contributed by atoms with van der Waals surface area (Å²) < 4.78 is 32.6. The van der Waals surface area contributed by atoms with E-state index in [1.54, 1.807) is 26.0 Å². The lowest BCUT2D eigenvalue weighted by atomic mass is 10.2. The van der Waals surface area contributed by atoms with Gasteiger partial charge in [-0.15, -0.1) is 0 Å². The summed E-state index contributed by atoms with van der Waals surface area (Å²) in [6, 6.07) is 7.75. The third-order valence-corrected chi connectivity index (χ3v) is 6.77. The lowest BCUT2D eigenvalue weighted by Gasteiger charge is -2.22. The maximum absolute atomic E-state index is 12.8. The summed E-state index contributed by atoms with van der Waals surface area (Å²) in [5, 5.41) is 2.74. The predicted molar refractivity (Wildman–Crippen MR) is 101 cm³/mol. The summed E-state index contributed by atoms with van der Waals surface area (Å²) in [5.74, 6) is 0.231. The zero-order valence-electron chi connectivity index (χ0n) is 14.8. The van der Waals surface area contributed by atoms with E-state index in [0.29, 0.717) is 11.4 Å². The first-order valence-corrected chi connectivity index (χ1v) is 9.84. The molecule has 1 aliphatic rings. The van der Waals surface area contributed by atoms with Crippen LogP contribution >= 0.6 is 11.6 Å². The van der Waals surface area contributed by atoms with Gasteiger partial charge in [0.2, 0.25) is 10.0 Å². The fourth-order valence-corrected chi connectivity index (χ4v) is 4.44. The van der Waals surface area contributed by atoms with Crippen LogP contribution in [0, 0.1) is 6.92 Å². The van der Waals surface area contributed by atoms with Crippen LogP contribution in [0.25, 0.3) is 0 Å². The van der Waals surface area contributed by atoms with E-state index in [1.165, 1.54) is 23.5 Å². The van der Waals surface area contributed by atoms with Gasteiger partial charge in [0.05, 0.1) is 16.3 Å². The van der Waals surface area contributed by atoms with Crippen LogP contribution in [0.2, 0.25) is 5.02 Å². The van der Waals surface area contributed by atoms with E-state index in [2.05, 4.69) is 5.32 Å². The van der Waals surface area contributed by atoms with Crippen molar-refractivity contribution in [2.24, 2.45) is 0 Å². The number of aryl methyl sites for hydroxylation is 1. The van der Waals surface area contributed by atoms with Crippen molar-refractivity contribution in [3.63, 3.8) is 0 Å². The second-order valence-electron chi connectivity index (χ2n) is 6.45. The van der Waals surface area contributed by atoms with E-state index in [9.17, 15) is 13.2 Å². The van der Waals surface area contributed by atoms with Gasteiger partial charge in [-0.1, -0.05) is 17.7 Å². The summed E-state index contributed by atoms with van der Waals surface area (Å²) in [4.78, 5) is 12.5. The number of amides is 1. The van der Waals surface area contributed by atoms with Crippen LogP contribution in [0.5, 0.6) is 11.5 Å². The highest BCUT2D eigenvalue weighted by molar-refractivity contribution is 7.89. The fourth-order valence-electron chi connectivity index (χ4n) is 2.55. The van der Waals surface area contributed by atoms with Crippen LogP contribution in [0.15, 0.2) is 35.2 Å². The first-order valence-electron chi connectivity index (χ1n) is 8.02. The highest BCUT2D eigenvalue weighted by atomic mass is 35.5. The Bertz CT molecular complexity index is 1000. The molecule has 0 saturated carbocycles. The molecule has 0 atom stereocenters. The molecular formula is C18H19ClN2O4S. The molecule has 0 saturated heterocycles. The Morgan fingerprint density at radius 3 is 2.50 bits per heavy atom. The minimum atomic E-state index is -3.85. The van der Waals surface area contributed by atoms with Gasteiger partial charge in [0.1, 0.15) is 10.6 Å². The van der Waals surface area contributed by atoms with Crippen LogP contribution in [-0.4, -0.2) is 31.7 Å². The van der Waals surface area contributed by atoms with Crippen molar-refractivity contribution >= 4 is 33.2 Å². The first kappa shape index (κ1) is 18.7. The van der Waals surface area contributed by atoms with Crippen LogP contribution < -0.4 is 10.1 Å². The number of carbonyl (C=O) groups is 1. The molecule has 0 aromatic heterocycles. The number of sulfonamides is 1. The highest BCUT2D eigenvalue weighted by Crippen LogP contribution is 2.40. The van der Waals surface area contributed by atoms with Gasteiger partial charge >= 0.3 is 0 Å². The molecule has 2 aromatic rings. The molecule has 0 spiro atoms. The van der Waals surface area contributed by atoms with Gasteiger partial charge in [-0.05, 0) is 44.5 Å². The monoisotopic (exact) mass is 394 g/mol. The average Bonchev–Trinajstić information content (AvgIpc) is 2.68. The van der Waals surface area contributed by atoms with E-state index >= 15 is 0 Å². The lowest BCUT2D eigenvalue weighted by molar-refractivity contribution is 0.102. The van der Waals surface area contributed by atoms with E-state index < -0.39 is 15.9 Å². The summed E-state index contributed by atoms with van der Waals surface area (Å²) >= 11 is 6.24. The Morgan fingerprint density at radius 2 is 1.85 bits per heavy atom. The van der Waals surface area contributed by atoms with Crippen molar-refractivity contribution in [1.29, 1.82) is 0 Å². The third-order valence-electron chi connectivity index (χ3n) is 4.27. The maximum atomic E-state index is 12.8. The normalized spacial score (nSPS) is 13.7. The third kappa shape index (κ3) is 3.18. The topological polar surface area (TPSA) is 75.7 Å². The van der Waals surface area contributed by atoms with Crippen LogP contribution in [0.4, 0.5) is 5.69 Å². The van der Waals surface area contributed by atoms with Gasteiger partial charge in [0.15, 0.2) is 5.75 Å². The molecule has 26 heavy (non-hydrogen) atoms. The molecule has 2 aromatic carbocycles. The first-order chi connectivity index (χ1) is 12.1. The van der Waals surface area contributed by atoms with E-state index in [-0.39, 0.29) is 27.3 Å². The lowest BCUT2D eigenvalue weighted by Crippen LogP contribution is -2.33. The van der Waals surface area contributed by atoms with Crippen LogP contribution in [-0.2, 0) is 10.0 Å². The Morgan fingerprint density at radius 1 is 1.15 bits per heavy atom. The summed E-state index contributed by atoms with van der Waals surface area (Å²) in [5.41, 5.74) is 1.58. The van der Waals surface area contributed by atoms with E-state index in [1.807, 2.05) is 13.0 Å². The van der Waals surface area contributed by atoms with Gasteiger partial charge in [-0.25, -0.2) is 8.42 Å². The van der Waals surface area contributed by atoms with Crippen molar-refractivity contribution < 1.29 is 17.9 Å². The fraction of sp³-hybridized carbons (Fsp3) is 0.278. The quantitative estimate of drug-likeness (QED) is 0.852. The molecule has 3 rings (SSSR count). The number of hydrogen-bond acceptors (Lipinski definition) is 4. The van der Waals surface area contributed by atoms with Crippen LogP contribution in [0.1, 0.15) is 29.8 Å². The number of hydrogen-bond donors (Lipinski definition) is 1. The second kappa shape index (κ2) is 6.57. The van der Waals surface area contributed by atoms with Crippen molar-refractivity contribution in [1.82, 2.24) is 4.31 Å². The van der Waals surface area contributed by atoms with Crippen molar-refractivity contribution in [3.8, 4) is 11.5 Å². The summed E-state index contributed by atoms with van der Waals surface area (Å²) in [6.45, 7) is 5.41. The molecule has 6 nitrogen and oxygen atoms in total. The molecule has 1 N–H and O–H groups in total. The number of ether oxygens (including phenoxy) is 1. The molecule has 1 heterocycles. The molecular weight excluding hydrogens is 376 g/mol. The Labute approximate surface area is 157 Å². The number of carbonyl (C=O) groups excluding carboxylic acids is 1. The van der Waals surface area contributed by atoms with E-state index in [4.69, 9.17) is 16.3 Å². The summed E-state index contributed by atoms with van der Waals surface area (Å²) in [7, 11) is -2.38. The smallest absolute Gasteiger partial charge is 0.259 e. The largest absolute Gasteiger partial charge is 0.454 e. The number of nitrogens with zero attached hydrogens (tertiary/aromatic N) is 1. The van der Waals surface area contributed by atoms with Crippen molar-refractivity contribution in [2.45, 2.75) is 31.7 Å². The van der Waals surface area contributed by atoms with Crippen molar-refractivity contribution in [2.75, 3.05) is 12.4 Å². The highest BCUT2D eigenvalue weighted by Gasteiger charge is 2.30. The van der Waals surface area contributed by atoms with E-state index in [0.717, 1.165) is 5.56 Å². The second-order valence-corrected chi connectivity index (χ2v) is 8.82. The number of benzene rings is 2. The molecule has 1 aliphatic heterocycles. The molecule has 0 unspecified atom stereocenters. The van der Waals surface area contributed by atoms with Gasteiger partial charge in [0, 0.05) is 19.2 Å². The Balaban J connectivity index is 2.15. The van der Waals surface area contributed by atoms with Crippen molar-refractivity contribution in [3.05, 3.63) is 46.5 Å². The average molecular weight is 395 g/mol. The Kier molecular flexibility index (Phi) is 4.72. The Hall–Kier alpha value is -2.09. The number of rotatable bonds is 3. The SMILES string of the molecule is Cc1ccc2c(c1)Oc1cc(Cl)c(S(=O)(=O)N(C)C(C)C)cc1C(=O)N2. The molecule has 0 radical (unpaired) electrons. The molecule has 0 aliphatic carbocycles. The van der Waals surface area contributed by atoms with Gasteiger partial charge in [0.25, 0.3) is 5.91 Å². The molecule has 8 heteroatoms. The number of nitrogens with one attached hydrogen (secondary N) is 1. The molecule has 138 valence electrons. The standard InChI is InChI=1S/C18H19ClN2O4S/c1-10(2)21(4)26(23,24)17-8-12-15(9-13(17)19)25-16-7-11(3)5-6-14(16)20-18(12)22/h5-10H,1-4H3,(H,20,22). The van der Waals surface area contributed by atoms with Gasteiger partial charge in [-0.2, -0.15) is 4.31 Å². The molecule has 0 fully saturated rings. The van der Waals surface area contributed by atoms with Crippen LogP contribution in [0.3, 0.4) is 0 Å². The van der Waals surface area contributed by atoms with Gasteiger partial charge in [-0.3, -0.25) is 4.79 Å². The summed E-state index contributed by atoms with van der Waals surface area (Å²) in [6.07, 6.45) is 0. The maximum Gasteiger partial charge on any atom is 0.259 e. The van der Waals surface area contributed by atoms with Gasteiger partial charge < -0.3 is 10.1 Å². The zero-order chi connectivity index (χ0) is 19.2. The number of anilines is 1. The predicted octanol–water partition coefficient (Wildman–Crippen LogP) is 4.04. The minimum absolute atomic E-state index is 0.000142. The molecule has 0 bridgehead atoms. The number of fused-ring (bicyclic) bond motifs is 2. The minimum Gasteiger partial charge on any atom is -0.454 e. The molecule has 1 amide bonds.